The number of aromatic nitrogens is 2. The number of fused-ring (bicyclic) bond motifs is 4. The van der Waals surface area contributed by atoms with Crippen LogP contribution in [0.4, 0.5) is 5.69 Å². The average molecular weight is 822 g/mol. The molecule has 2 aliphatic carbocycles. The van der Waals surface area contributed by atoms with Crippen LogP contribution in [0.5, 0.6) is 0 Å². The molecule has 59 heavy (non-hydrogen) atoms. The van der Waals surface area contributed by atoms with E-state index in [2.05, 4.69) is 102 Å². The summed E-state index contributed by atoms with van der Waals surface area (Å²) in [6, 6.07) is 9.82. The third kappa shape index (κ3) is 7.57. The Morgan fingerprint density at radius 3 is 2.58 bits per heavy atom. The highest BCUT2D eigenvalue weighted by molar-refractivity contribution is 7.10. The van der Waals surface area contributed by atoms with Gasteiger partial charge in [-0.05, 0) is 105 Å². The summed E-state index contributed by atoms with van der Waals surface area (Å²) in [5.74, 6) is -0.261. The molecule has 0 spiro atoms. The van der Waals surface area contributed by atoms with Crippen LogP contribution >= 0.6 is 11.3 Å². The van der Waals surface area contributed by atoms with Crippen molar-refractivity contribution in [2.45, 2.75) is 97.5 Å². The Balaban J connectivity index is 1.17. The van der Waals surface area contributed by atoms with Gasteiger partial charge >= 0.3 is 5.97 Å². The number of ether oxygens (including phenoxy) is 2. The number of carbonyl (C=O) groups excluding carboxylic acids is 3. The van der Waals surface area contributed by atoms with Gasteiger partial charge in [-0.2, -0.15) is 0 Å². The van der Waals surface area contributed by atoms with Gasteiger partial charge in [-0.25, -0.2) is 5.43 Å². The Kier molecular flexibility index (Phi) is 10.6. The Morgan fingerprint density at radius 2 is 1.86 bits per heavy atom. The molecule has 2 saturated carbocycles. The third-order valence-electron chi connectivity index (χ3n) is 13.7. The molecule has 8 bridgehead atoms. The average Bonchev–Trinajstić information content (AvgIpc) is 3.64. The van der Waals surface area contributed by atoms with E-state index in [-0.39, 0.29) is 48.4 Å². The number of hydrogen-bond acceptors (Lipinski definition) is 10. The van der Waals surface area contributed by atoms with E-state index in [4.69, 9.17) is 14.5 Å². The second kappa shape index (κ2) is 15.6. The fraction of sp³-hybridized carbons (Fsp3) is 0.565. The number of hydrogen-bond donors (Lipinski definition) is 2. The SMILES string of the molecule is CCn1c(-c2cc(N3CCN(C)CC3)cnc2[C@H](C)OC)c2c3cc(ccc31)-c1csc(c1)C[C@H](NC(=O)C1C[C@@H]1C)C(=O)N1N[C@H](C(=O)OCC(C)(C)C2)C2CC1C2. The quantitative estimate of drug-likeness (QED) is 0.210. The highest BCUT2D eigenvalue weighted by Crippen LogP contribution is 2.44. The summed E-state index contributed by atoms with van der Waals surface area (Å²) < 4.78 is 14.6. The van der Waals surface area contributed by atoms with Crippen LogP contribution in [-0.4, -0.2) is 102 Å². The number of hydrazine groups is 1. The number of piperazine rings is 1. The molecule has 7 heterocycles. The van der Waals surface area contributed by atoms with Crippen LogP contribution in [0, 0.1) is 23.2 Å². The van der Waals surface area contributed by atoms with E-state index in [0.717, 1.165) is 102 Å². The normalized spacial score (nSPS) is 27.5. The number of nitrogens with one attached hydrogen (secondary N) is 2. The predicted octanol–water partition coefficient (Wildman–Crippen LogP) is 6.21. The van der Waals surface area contributed by atoms with Gasteiger partial charge in [-0.3, -0.25) is 24.4 Å². The molecule has 0 radical (unpaired) electrons. The number of amides is 2. The summed E-state index contributed by atoms with van der Waals surface area (Å²) in [6.45, 7) is 15.5. The molecule has 2 N–H and O–H groups in total. The Morgan fingerprint density at radius 1 is 1.10 bits per heavy atom. The first kappa shape index (κ1) is 40.1. The number of anilines is 1. The molecular weight excluding hydrogens is 763 g/mol. The Labute approximate surface area is 351 Å². The highest BCUT2D eigenvalue weighted by Gasteiger charge is 2.51. The lowest BCUT2D eigenvalue weighted by atomic mass is 9.73. The van der Waals surface area contributed by atoms with Crippen molar-refractivity contribution < 1.29 is 23.9 Å². The molecule has 1 aromatic carbocycles. The minimum atomic E-state index is -0.755. The van der Waals surface area contributed by atoms with E-state index in [1.54, 1.807) is 23.5 Å². The van der Waals surface area contributed by atoms with Crippen molar-refractivity contribution >= 4 is 45.7 Å². The maximum absolute atomic E-state index is 14.4. The first-order chi connectivity index (χ1) is 28.3. The standard InChI is InChI=1S/C46H59N7O5S/c1-8-52-39-10-9-28-19-35(39)37(42(52)36-20-32(23-47-40(36)27(3)57-7)51-13-11-50(6)12-14-51)22-46(4,5)25-58-45(56)41-29-16-31(17-29)53(49-41)44(55)38(21-33-18-30(28)24-59-33)48-43(54)34-15-26(34)2/h9-10,18-20,23-24,26-27,29,31,34,38,41,49H,8,11-17,21-22,25H2,1-7H3,(H,48,54)/t26-,27-,29?,31?,34?,38-,41-/m0/s1. The van der Waals surface area contributed by atoms with E-state index in [9.17, 15) is 14.4 Å². The molecule has 4 aliphatic heterocycles. The van der Waals surface area contributed by atoms with E-state index < -0.39 is 17.5 Å². The molecule has 6 aliphatic rings. The van der Waals surface area contributed by atoms with Gasteiger partial charge < -0.3 is 29.2 Å². The molecule has 3 saturated heterocycles. The van der Waals surface area contributed by atoms with Crippen molar-refractivity contribution in [3.63, 3.8) is 0 Å². The zero-order valence-electron chi connectivity index (χ0n) is 35.5. The van der Waals surface area contributed by atoms with Gasteiger partial charge in [-0.1, -0.05) is 26.8 Å². The van der Waals surface area contributed by atoms with Crippen LogP contribution in [0.3, 0.4) is 0 Å². The molecule has 314 valence electrons. The van der Waals surface area contributed by atoms with Gasteiger partial charge in [0.1, 0.15) is 12.1 Å². The summed E-state index contributed by atoms with van der Waals surface area (Å²) >= 11 is 1.62. The largest absolute Gasteiger partial charge is 0.464 e. The number of rotatable bonds is 7. The lowest BCUT2D eigenvalue weighted by molar-refractivity contribution is -0.171. The molecular formula is C46H59N7O5S. The number of benzene rings is 1. The number of methoxy groups -OCH3 is 1. The van der Waals surface area contributed by atoms with Gasteiger partial charge in [0.15, 0.2) is 0 Å². The molecule has 2 amide bonds. The first-order valence-electron chi connectivity index (χ1n) is 21.6. The zero-order valence-corrected chi connectivity index (χ0v) is 36.4. The number of thiophene rings is 1. The van der Waals surface area contributed by atoms with Crippen molar-refractivity contribution in [3.05, 3.63) is 58.0 Å². The molecule has 12 nitrogen and oxygen atoms in total. The number of aryl methyl sites for hydroxylation is 1. The molecule has 5 atom stereocenters. The highest BCUT2D eigenvalue weighted by atomic mass is 32.1. The maximum Gasteiger partial charge on any atom is 0.325 e. The number of nitrogens with zero attached hydrogens (tertiary/aromatic N) is 5. The number of cyclic esters (lactones) is 1. The Bertz CT molecular complexity index is 2270. The number of carbonyl (C=O) groups is 3. The fourth-order valence-corrected chi connectivity index (χ4v) is 10.7. The van der Waals surface area contributed by atoms with Gasteiger partial charge in [0.2, 0.25) is 5.91 Å². The monoisotopic (exact) mass is 821 g/mol. The summed E-state index contributed by atoms with van der Waals surface area (Å²) in [5.41, 5.74) is 11.5. The van der Waals surface area contributed by atoms with Crippen molar-refractivity contribution in [2.24, 2.45) is 23.2 Å². The smallest absolute Gasteiger partial charge is 0.325 e. The van der Waals surface area contributed by atoms with Crippen molar-refractivity contribution in [3.8, 4) is 22.4 Å². The van der Waals surface area contributed by atoms with Crippen LogP contribution in [0.1, 0.15) is 76.1 Å². The van der Waals surface area contributed by atoms with Crippen molar-refractivity contribution in [1.29, 1.82) is 0 Å². The van der Waals surface area contributed by atoms with E-state index in [1.165, 1.54) is 5.56 Å². The van der Waals surface area contributed by atoms with E-state index in [1.807, 2.05) is 6.20 Å². The van der Waals surface area contributed by atoms with Crippen LogP contribution < -0.4 is 15.6 Å². The molecule has 13 heteroatoms. The van der Waals surface area contributed by atoms with E-state index in [0.29, 0.717) is 18.8 Å². The lowest BCUT2D eigenvalue weighted by Crippen LogP contribution is -2.71. The van der Waals surface area contributed by atoms with Crippen molar-refractivity contribution in [1.82, 2.24) is 30.2 Å². The predicted molar refractivity (Wildman–Crippen MR) is 231 cm³/mol. The van der Waals surface area contributed by atoms with Crippen molar-refractivity contribution in [2.75, 3.05) is 51.8 Å². The number of pyridine rings is 1. The number of esters is 1. The fourth-order valence-electron chi connectivity index (χ4n) is 9.77. The minimum Gasteiger partial charge on any atom is -0.464 e. The maximum atomic E-state index is 14.4. The van der Waals surface area contributed by atoms with Gasteiger partial charge in [0.05, 0.1) is 36.0 Å². The summed E-state index contributed by atoms with van der Waals surface area (Å²) in [5, 5.41) is 8.09. The van der Waals surface area contributed by atoms with Crippen LogP contribution in [-0.2, 0) is 43.2 Å². The molecule has 10 rings (SSSR count). The minimum absolute atomic E-state index is 0.0159. The number of likely N-dealkylation sites (N-methyl/N-ethyl adjacent to an activating group) is 1. The second-order valence-electron chi connectivity index (χ2n) is 18.6. The summed E-state index contributed by atoms with van der Waals surface area (Å²) in [4.78, 5) is 52.7. The summed E-state index contributed by atoms with van der Waals surface area (Å²) in [7, 11) is 3.91. The molecule has 3 aromatic heterocycles. The second-order valence-corrected chi connectivity index (χ2v) is 19.6. The van der Waals surface area contributed by atoms with Gasteiger partial charge in [0, 0.05) is 85.0 Å². The molecule has 5 fully saturated rings. The molecule has 1 unspecified atom stereocenters. The van der Waals surface area contributed by atoms with Gasteiger partial charge in [-0.15, -0.1) is 11.3 Å². The summed E-state index contributed by atoms with van der Waals surface area (Å²) in [6.07, 6.45) is 5.08. The third-order valence-corrected chi connectivity index (χ3v) is 14.7. The van der Waals surface area contributed by atoms with E-state index >= 15 is 0 Å². The van der Waals surface area contributed by atoms with Crippen LogP contribution in [0.15, 0.2) is 41.9 Å². The topological polar surface area (TPSA) is 121 Å². The van der Waals surface area contributed by atoms with Crippen LogP contribution in [0.2, 0.25) is 0 Å². The zero-order chi connectivity index (χ0) is 41.3. The van der Waals surface area contributed by atoms with Gasteiger partial charge in [0.25, 0.3) is 5.91 Å². The molecule has 4 aromatic rings. The van der Waals surface area contributed by atoms with Crippen LogP contribution in [0.25, 0.3) is 33.3 Å². The Hall–Kier alpha value is -4.30. The first-order valence-corrected chi connectivity index (χ1v) is 22.5. The lowest BCUT2D eigenvalue weighted by Gasteiger charge is -2.53.